The highest BCUT2D eigenvalue weighted by molar-refractivity contribution is 5.79. The van der Waals surface area contributed by atoms with Gasteiger partial charge in [0.1, 0.15) is 0 Å². The van der Waals surface area contributed by atoms with E-state index in [1.54, 1.807) is 6.20 Å². The molecular weight excluding hydrogens is 366 g/mol. The van der Waals surface area contributed by atoms with Crippen LogP contribution in [0, 0.1) is 0 Å². The fourth-order valence-electron chi connectivity index (χ4n) is 4.39. The number of hydrogen-bond donors (Lipinski definition) is 2. The van der Waals surface area contributed by atoms with Gasteiger partial charge in [0.15, 0.2) is 5.96 Å². The molecule has 2 fully saturated rings. The highest BCUT2D eigenvalue weighted by Crippen LogP contribution is 2.33. The molecule has 0 amide bonds. The van der Waals surface area contributed by atoms with Crippen LogP contribution in [0.4, 0.5) is 0 Å². The van der Waals surface area contributed by atoms with Crippen LogP contribution in [-0.4, -0.2) is 67.4 Å². The van der Waals surface area contributed by atoms with Crippen LogP contribution in [0.5, 0.6) is 5.88 Å². The number of guanidine groups is 1. The minimum atomic E-state index is 0.219. The smallest absolute Gasteiger partial charge is 0.213 e. The highest BCUT2D eigenvalue weighted by Gasteiger charge is 2.38. The molecule has 1 aromatic heterocycles. The fourth-order valence-corrected chi connectivity index (χ4v) is 4.39. The minimum absolute atomic E-state index is 0.219. The van der Waals surface area contributed by atoms with E-state index in [0.717, 1.165) is 50.9 Å². The van der Waals surface area contributed by atoms with Crippen molar-refractivity contribution >= 4 is 5.96 Å². The third kappa shape index (κ3) is 6.31. The first-order valence-electron chi connectivity index (χ1n) is 11.2. The second-order valence-electron chi connectivity index (χ2n) is 7.87. The minimum Gasteiger partial charge on any atom is -0.478 e. The molecule has 29 heavy (non-hydrogen) atoms. The SMILES string of the molecule is CCNC(=NCc1ccnc(OCC)c1)NCC1(N2CCOCC2)CCCCC1. The summed E-state index contributed by atoms with van der Waals surface area (Å²) >= 11 is 0. The number of ether oxygens (including phenoxy) is 2. The lowest BCUT2D eigenvalue weighted by atomic mass is 9.80. The van der Waals surface area contributed by atoms with Crippen LogP contribution < -0.4 is 15.4 Å². The Kier molecular flexibility index (Phi) is 8.55. The van der Waals surface area contributed by atoms with Crippen LogP contribution in [0.15, 0.2) is 23.3 Å². The first kappa shape index (κ1) is 21.8. The van der Waals surface area contributed by atoms with E-state index in [0.29, 0.717) is 19.0 Å². The standard InChI is InChI=1S/C22H37N5O2/c1-3-23-21(25-17-19-8-11-24-20(16-19)29-4-2)26-18-22(9-6-5-7-10-22)27-12-14-28-15-13-27/h8,11,16H,3-7,9-10,12-15,17-18H2,1-2H3,(H2,23,25,26). The summed E-state index contributed by atoms with van der Waals surface area (Å²) in [6, 6.07) is 3.96. The molecule has 0 bridgehead atoms. The number of morpholine rings is 1. The van der Waals surface area contributed by atoms with E-state index < -0.39 is 0 Å². The van der Waals surface area contributed by atoms with Gasteiger partial charge in [0.25, 0.3) is 0 Å². The van der Waals surface area contributed by atoms with Gasteiger partial charge >= 0.3 is 0 Å². The Morgan fingerprint density at radius 2 is 2.00 bits per heavy atom. The van der Waals surface area contributed by atoms with Gasteiger partial charge in [-0.15, -0.1) is 0 Å². The van der Waals surface area contributed by atoms with Crippen LogP contribution in [0.25, 0.3) is 0 Å². The van der Waals surface area contributed by atoms with Crippen LogP contribution in [-0.2, 0) is 11.3 Å². The van der Waals surface area contributed by atoms with Gasteiger partial charge in [-0.25, -0.2) is 9.98 Å². The van der Waals surface area contributed by atoms with Crippen molar-refractivity contribution in [3.05, 3.63) is 23.9 Å². The Hall–Kier alpha value is -1.86. The van der Waals surface area contributed by atoms with Gasteiger partial charge in [-0.3, -0.25) is 4.90 Å². The van der Waals surface area contributed by atoms with E-state index in [4.69, 9.17) is 14.5 Å². The molecule has 0 atom stereocenters. The maximum absolute atomic E-state index is 5.60. The Labute approximate surface area is 175 Å². The lowest BCUT2D eigenvalue weighted by Crippen LogP contribution is -2.60. The topological polar surface area (TPSA) is 71.0 Å². The molecular formula is C22H37N5O2. The van der Waals surface area contributed by atoms with Gasteiger partial charge in [-0.2, -0.15) is 0 Å². The van der Waals surface area contributed by atoms with E-state index in [1.165, 1.54) is 32.1 Å². The predicted octanol–water partition coefficient (Wildman–Crippen LogP) is 2.57. The molecule has 0 spiro atoms. The molecule has 0 radical (unpaired) electrons. The van der Waals surface area contributed by atoms with Crippen LogP contribution >= 0.6 is 0 Å². The predicted molar refractivity (Wildman–Crippen MR) is 116 cm³/mol. The molecule has 1 aliphatic heterocycles. The number of pyridine rings is 1. The van der Waals surface area contributed by atoms with E-state index in [-0.39, 0.29) is 5.54 Å². The van der Waals surface area contributed by atoms with E-state index >= 15 is 0 Å². The summed E-state index contributed by atoms with van der Waals surface area (Å²) in [4.78, 5) is 11.7. The molecule has 3 rings (SSSR count). The maximum Gasteiger partial charge on any atom is 0.213 e. The highest BCUT2D eigenvalue weighted by atomic mass is 16.5. The van der Waals surface area contributed by atoms with Crippen molar-refractivity contribution in [2.45, 2.75) is 58.0 Å². The molecule has 162 valence electrons. The first-order valence-corrected chi connectivity index (χ1v) is 11.2. The Bertz CT molecular complexity index is 640. The molecule has 2 N–H and O–H groups in total. The van der Waals surface area contributed by atoms with Gasteiger partial charge < -0.3 is 20.1 Å². The Morgan fingerprint density at radius 3 is 2.72 bits per heavy atom. The molecule has 7 nitrogen and oxygen atoms in total. The van der Waals surface area contributed by atoms with E-state index in [9.17, 15) is 0 Å². The normalized spacial score (nSPS) is 20.3. The van der Waals surface area contributed by atoms with Gasteiger partial charge in [0.05, 0.1) is 26.4 Å². The van der Waals surface area contributed by atoms with Crippen molar-refractivity contribution in [2.75, 3.05) is 46.0 Å². The average Bonchev–Trinajstić information content (AvgIpc) is 2.77. The number of aliphatic imine (C=N–C) groups is 1. The number of nitrogens with zero attached hydrogens (tertiary/aromatic N) is 3. The molecule has 2 heterocycles. The maximum atomic E-state index is 5.60. The first-order chi connectivity index (χ1) is 14.3. The Balaban J connectivity index is 1.65. The molecule has 1 saturated carbocycles. The van der Waals surface area contributed by atoms with Crippen molar-refractivity contribution < 1.29 is 9.47 Å². The second-order valence-corrected chi connectivity index (χ2v) is 7.87. The van der Waals surface area contributed by atoms with Crippen molar-refractivity contribution in [1.82, 2.24) is 20.5 Å². The largest absolute Gasteiger partial charge is 0.478 e. The molecule has 7 heteroatoms. The summed E-state index contributed by atoms with van der Waals surface area (Å²) in [6.45, 7) is 10.8. The van der Waals surface area contributed by atoms with Gasteiger partial charge in [0, 0.05) is 44.0 Å². The van der Waals surface area contributed by atoms with Crippen LogP contribution in [0.2, 0.25) is 0 Å². The number of rotatable bonds is 8. The molecule has 1 saturated heterocycles. The monoisotopic (exact) mass is 403 g/mol. The summed E-state index contributed by atoms with van der Waals surface area (Å²) in [5.41, 5.74) is 1.32. The quantitative estimate of drug-likeness (QED) is 0.514. The summed E-state index contributed by atoms with van der Waals surface area (Å²) in [6.07, 6.45) is 8.26. The molecule has 1 aromatic rings. The molecule has 0 aromatic carbocycles. The van der Waals surface area contributed by atoms with E-state index in [1.807, 2.05) is 19.1 Å². The summed E-state index contributed by atoms with van der Waals surface area (Å²) in [5.74, 6) is 1.53. The van der Waals surface area contributed by atoms with Crippen LogP contribution in [0.1, 0.15) is 51.5 Å². The third-order valence-electron chi connectivity index (χ3n) is 5.91. The van der Waals surface area contributed by atoms with Gasteiger partial charge in [-0.05, 0) is 38.3 Å². The second kappa shape index (κ2) is 11.4. The van der Waals surface area contributed by atoms with E-state index in [2.05, 4.69) is 27.4 Å². The fraction of sp³-hybridized carbons (Fsp3) is 0.727. The summed E-state index contributed by atoms with van der Waals surface area (Å²) in [5, 5.41) is 7.05. The van der Waals surface area contributed by atoms with Crippen molar-refractivity contribution in [1.29, 1.82) is 0 Å². The van der Waals surface area contributed by atoms with Gasteiger partial charge in [-0.1, -0.05) is 19.3 Å². The zero-order valence-electron chi connectivity index (χ0n) is 18.1. The third-order valence-corrected chi connectivity index (χ3v) is 5.91. The number of nitrogens with one attached hydrogen (secondary N) is 2. The average molecular weight is 404 g/mol. The molecule has 0 unspecified atom stereocenters. The Morgan fingerprint density at radius 1 is 1.21 bits per heavy atom. The number of aromatic nitrogens is 1. The molecule has 1 aliphatic carbocycles. The van der Waals surface area contributed by atoms with Crippen molar-refractivity contribution in [2.24, 2.45) is 4.99 Å². The summed E-state index contributed by atoms with van der Waals surface area (Å²) < 4.78 is 11.1. The lowest BCUT2D eigenvalue weighted by Gasteiger charge is -2.48. The van der Waals surface area contributed by atoms with Crippen LogP contribution in [0.3, 0.4) is 0 Å². The summed E-state index contributed by atoms with van der Waals surface area (Å²) in [7, 11) is 0. The number of hydrogen-bond acceptors (Lipinski definition) is 5. The molecule has 2 aliphatic rings. The van der Waals surface area contributed by atoms with Gasteiger partial charge in [0.2, 0.25) is 5.88 Å². The van der Waals surface area contributed by atoms with Crippen molar-refractivity contribution in [3.63, 3.8) is 0 Å². The zero-order valence-corrected chi connectivity index (χ0v) is 18.1. The zero-order chi connectivity index (χ0) is 20.4. The lowest BCUT2D eigenvalue weighted by molar-refractivity contribution is -0.0352. The van der Waals surface area contributed by atoms with Crippen molar-refractivity contribution in [3.8, 4) is 5.88 Å².